The maximum Gasteiger partial charge on any atom is 0.432 e. The normalized spacial score (nSPS) is 13.4. The summed E-state index contributed by atoms with van der Waals surface area (Å²) in [7, 11) is 0. The van der Waals surface area contributed by atoms with Crippen LogP contribution in [0.1, 0.15) is 20.3 Å². The highest BCUT2D eigenvalue weighted by molar-refractivity contribution is 5.82. The Bertz CT molecular complexity index is 179. The molecule has 0 aromatic heterocycles. The second kappa shape index (κ2) is 3.55. The van der Waals surface area contributed by atoms with E-state index in [0.717, 1.165) is 0 Å². The van der Waals surface area contributed by atoms with Gasteiger partial charge in [-0.3, -0.25) is 4.99 Å². The first-order valence-electron chi connectivity index (χ1n) is 3.18. The van der Waals surface area contributed by atoms with Crippen molar-refractivity contribution >= 4 is 5.71 Å². The van der Waals surface area contributed by atoms with E-state index in [0.29, 0.717) is 12.1 Å². The van der Waals surface area contributed by atoms with Crippen molar-refractivity contribution in [3.63, 3.8) is 0 Å². The lowest BCUT2D eigenvalue weighted by Gasteiger charge is -2.05. The van der Waals surface area contributed by atoms with E-state index in [4.69, 9.17) is 0 Å². The van der Waals surface area contributed by atoms with E-state index in [9.17, 15) is 13.2 Å². The highest BCUT2D eigenvalue weighted by atomic mass is 19.4. The van der Waals surface area contributed by atoms with Crippen LogP contribution in [0.15, 0.2) is 17.3 Å². The molecule has 0 spiro atoms. The average Bonchev–Trinajstić information content (AvgIpc) is 1.85. The Balaban J connectivity index is 4.30. The van der Waals surface area contributed by atoms with Gasteiger partial charge in [-0.25, -0.2) is 0 Å². The van der Waals surface area contributed by atoms with Gasteiger partial charge in [0.25, 0.3) is 0 Å². The van der Waals surface area contributed by atoms with E-state index in [1.54, 1.807) is 6.92 Å². The van der Waals surface area contributed by atoms with Gasteiger partial charge in [-0.1, -0.05) is 13.5 Å². The van der Waals surface area contributed by atoms with Crippen LogP contribution in [0.25, 0.3) is 0 Å². The monoisotopic (exact) mass is 165 g/mol. The Morgan fingerprint density at radius 2 is 1.91 bits per heavy atom. The van der Waals surface area contributed by atoms with Gasteiger partial charge in [0.05, 0.1) is 0 Å². The van der Waals surface area contributed by atoms with Crippen molar-refractivity contribution in [1.82, 2.24) is 0 Å². The molecule has 0 aliphatic carbocycles. The van der Waals surface area contributed by atoms with Crippen LogP contribution in [0.4, 0.5) is 13.2 Å². The minimum absolute atomic E-state index is 0.437. The van der Waals surface area contributed by atoms with Crippen molar-refractivity contribution in [3.8, 4) is 0 Å². The van der Waals surface area contributed by atoms with E-state index in [1.165, 1.54) is 6.92 Å². The van der Waals surface area contributed by atoms with Crippen molar-refractivity contribution in [1.29, 1.82) is 0 Å². The lowest BCUT2D eigenvalue weighted by Crippen LogP contribution is -2.10. The number of nitrogens with zero attached hydrogens (tertiary/aromatic N) is 1. The minimum atomic E-state index is -4.39. The molecule has 4 heteroatoms. The van der Waals surface area contributed by atoms with E-state index in [1.807, 2.05) is 0 Å². The van der Waals surface area contributed by atoms with Gasteiger partial charge in [0.2, 0.25) is 0 Å². The largest absolute Gasteiger partial charge is 0.432 e. The SMILES string of the molecule is C=C(N=C(C)CC)C(F)(F)F. The molecule has 0 atom stereocenters. The van der Waals surface area contributed by atoms with Crippen LogP contribution in [-0.4, -0.2) is 11.9 Å². The molecule has 0 aliphatic heterocycles. The van der Waals surface area contributed by atoms with Crippen molar-refractivity contribution in [3.05, 3.63) is 12.3 Å². The molecule has 0 aromatic carbocycles. The van der Waals surface area contributed by atoms with Crippen LogP contribution >= 0.6 is 0 Å². The Hall–Kier alpha value is -0.800. The van der Waals surface area contributed by atoms with Crippen LogP contribution < -0.4 is 0 Å². The van der Waals surface area contributed by atoms with Gasteiger partial charge in [0.1, 0.15) is 5.70 Å². The second-order valence-electron chi connectivity index (χ2n) is 2.15. The first-order chi connectivity index (χ1) is 4.88. The molecule has 0 saturated heterocycles. The summed E-state index contributed by atoms with van der Waals surface area (Å²) in [5, 5.41) is 0. The zero-order valence-electron chi connectivity index (χ0n) is 6.50. The van der Waals surface area contributed by atoms with Crippen LogP contribution in [0.5, 0.6) is 0 Å². The van der Waals surface area contributed by atoms with E-state index in [2.05, 4.69) is 11.6 Å². The first kappa shape index (κ1) is 10.2. The molecule has 0 amide bonds. The third-order valence-electron chi connectivity index (χ3n) is 1.16. The topological polar surface area (TPSA) is 12.4 Å². The molecule has 11 heavy (non-hydrogen) atoms. The molecule has 0 aromatic rings. The Morgan fingerprint density at radius 3 is 2.18 bits per heavy atom. The Kier molecular flexibility index (Phi) is 3.29. The molecule has 0 rings (SSSR count). The second-order valence-corrected chi connectivity index (χ2v) is 2.15. The third kappa shape index (κ3) is 3.80. The third-order valence-corrected chi connectivity index (χ3v) is 1.16. The van der Waals surface area contributed by atoms with Gasteiger partial charge < -0.3 is 0 Å². The van der Waals surface area contributed by atoms with Gasteiger partial charge in [0.15, 0.2) is 0 Å². The molecule has 0 fully saturated rings. The summed E-state index contributed by atoms with van der Waals surface area (Å²) >= 11 is 0. The molecule has 0 heterocycles. The fourth-order valence-corrected chi connectivity index (χ4v) is 0.373. The molecular formula is C7H10F3N. The number of halogens is 3. The summed E-state index contributed by atoms with van der Waals surface area (Å²) < 4.78 is 35.2. The maximum absolute atomic E-state index is 11.7. The molecule has 0 radical (unpaired) electrons. The fourth-order valence-electron chi connectivity index (χ4n) is 0.373. The summed E-state index contributed by atoms with van der Waals surface area (Å²) in [6.07, 6.45) is -3.88. The zero-order valence-corrected chi connectivity index (χ0v) is 6.50. The number of aliphatic imine (C=N–C) groups is 1. The van der Waals surface area contributed by atoms with Crippen LogP contribution in [-0.2, 0) is 0 Å². The fraction of sp³-hybridized carbons (Fsp3) is 0.571. The van der Waals surface area contributed by atoms with Gasteiger partial charge >= 0.3 is 6.18 Å². The van der Waals surface area contributed by atoms with E-state index >= 15 is 0 Å². The number of alkyl halides is 3. The lowest BCUT2D eigenvalue weighted by molar-refractivity contribution is -0.0919. The molecular weight excluding hydrogens is 155 g/mol. The lowest BCUT2D eigenvalue weighted by atomic mass is 10.3. The van der Waals surface area contributed by atoms with Crippen molar-refractivity contribution in [2.45, 2.75) is 26.4 Å². The number of hydrogen-bond acceptors (Lipinski definition) is 1. The number of allylic oxidation sites excluding steroid dienone is 1. The van der Waals surface area contributed by atoms with Crippen LogP contribution in [0.3, 0.4) is 0 Å². The quantitative estimate of drug-likeness (QED) is 0.558. The summed E-state index contributed by atoms with van der Waals surface area (Å²) in [5.41, 5.74) is -0.593. The van der Waals surface area contributed by atoms with E-state index in [-0.39, 0.29) is 0 Å². The van der Waals surface area contributed by atoms with Crippen molar-refractivity contribution in [2.75, 3.05) is 0 Å². The molecule has 1 nitrogen and oxygen atoms in total. The first-order valence-corrected chi connectivity index (χ1v) is 3.18. The molecule has 0 N–H and O–H groups in total. The van der Waals surface area contributed by atoms with Gasteiger partial charge in [-0.2, -0.15) is 13.2 Å². The van der Waals surface area contributed by atoms with Crippen LogP contribution in [0.2, 0.25) is 0 Å². The van der Waals surface area contributed by atoms with Crippen molar-refractivity contribution < 1.29 is 13.2 Å². The van der Waals surface area contributed by atoms with E-state index < -0.39 is 11.9 Å². The number of rotatable bonds is 2. The van der Waals surface area contributed by atoms with Gasteiger partial charge in [-0.15, -0.1) is 0 Å². The summed E-state index contributed by atoms with van der Waals surface area (Å²) in [5.74, 6) is 0. The smallest absolute Gasteiger partial charge is 0.254 e. The summed E-state index contributed by atoms with van der Waals surface area (Å²) in [4.78, 5) is 3.26. The molecule has 0 aliphatic rings. The van der Waals surface area contributed by atoms with Gasteiger partial charge in [0, 0.05) is 5.71 Å². The highest BCUT2D eigenvalue weighted by Crippen LogP contribution is 2.24. The summed E-state index contributed by atoms with van der Waals surface area (Å²) in [6, 6.07) is 0. The summed E-state index contributed by atoms with van der Waals surface area (Å²) in [6.45, 7) is 6.08. The Labute approximate surface area is 63.6 Å². The minimum Gasteiger partial charge on any atom is -0.254 e. The standard InChI is InChI=1S/C7H10F3N/c1-4-5(2)11-6(3)7(8,9)10/h3-4H2,1-2H3. The molecule has 0 unspecified atom stereocenters. The zero-order chi connectivity index (χ0) is 9.07. The molecule has 64 valence electrons. The maximum atomic E-state index is 11.7. The predicted octanol–water partition coefficient (Wildman–Crippen LogP) is 2.93. The van der Waals surface area contributed by atoms with Gasteiger partial charge in [-0.05, 0) is 13.3 Å². The van der Waals surface area contributed by atoms with Crippen molar-refractivity contribution in [2.24, 2.45) is 4.99 Å². The van der Waals surface area contributed by atoms with Crippen LogP contribution in [0, 0.1) is 0 Å². The average molecular weight is 165 g/mol. The highest BCUT2D eigenvalue weighted by Gasteiger charge is 2.31. The predicted molar refractivity (Wildman–Crippen MR) is 38.6 cm³/mol. The number of hydrogen-bond donors (Lipinski definition) is 0. The molecule has 0 saturated carbocycles. The molecule has 0 bridgehead atoms. The Morgan fingerprint density at radius 1 is 1.45 bits per heavy atom.